The molecule has 26 heavy (non-hydrogen) atoms. The Bertz CT molecular complexity index is 877. The summed E-state index contributed by atoms with van der Waals surface area (Å²) in [5.41, 5.74) is 4.15. The molecule has 0 bridgehead atoms. The average Bonchev–Trinajstić information content (AvgIpc) is 3.29. The van der Waals surface area contributed by atoms with Crippen LogP contribution in [0.1, 0.15) is 24.6 Å². The molecule has 0 atom stereocenters. The standard InChI is InChI=1S/C20H22N4O2/c1-2-10-24-22-17(20(23-24)16-6-4-3-5-7-16)13-21-12-15-8-9-18-19(11-15)26-14-25-18/h3-9,11,21H,2,10,12-14H2,1H3. The number of aromatic nitrogens is 3. The van der Waals surface area contributed by atoms with Crippen molar-refractivity contribution in [2.75, 3.05) is 6.79 Å². The van der Waals surface area contributed by atoms with E-state index >= 15 is 0 Å². The number of ether oxygens (including phenoxy) is 2. The van der Waals surface area contributed by atoms with E-state index < -0.39 is 0 Å². The van der Waals surface area contributed by atoms with Crippen LogP contribution in [0.5, 0.6) is 11.5 Å². The zero-order valence-corrected chi connectivity index (χ0v) is 14.8. The highest BCUT2D eigenvalue weighted by Crippen LogP contribution is 2.32. The number of benzene rings is 2. The number of hydrogen-bond acceptors (Lipinski definition) is 5. The summed E-state index contributed by atoms with van der Waals surface area (Å²) in [6, 6.07) is 16.2. The molecule has 1 aliphatic rings. The van der Waals surface area contributed by atoms with Gasteiger partial charge in [0.1, 0.15) is 11.4 Å². The molecule has 0 radical (unpaired) electrons. The van der Waals surface area contributed by atoms with Gasteiger partial charge in [0.25, 0.3) is 0 Å². The number of rotatable bonds is 7. The predicted molar refractivity (Wildman–Crippen MR) is 98.9 cm³/mol. The van der Waals surface area contributed by atoms with E-state index in [-0.39, 0.29) is 0 Å². The van der Waals surface area contributed by atoms with Gasteiger partial charge in [-0.3, -0.25) is 0 Å². The van der Waals surface area contributed by atoms with Crippen molar-refractivity contribution >= 4 is 0 Å². The Morgan fingerprint density at radius 1 is 1.00 bits per heavy atom. The zero-order valence-electron chi connectivity index (χ0n) is 14.8. The van der Waals surface area contributed by atoms with Gasteiger partial charge in [-0.2, -0.15) is 15.0 Å². The molecule has 0 aliphatic carbocycles. The third kappa shape index (κ3) is 3.55. The lowest BCUT2D eigenvalue weighted by molar-refractivity contribution is 0.174. The first kappa shape index (κ1) is 16.6. The number of fused-ring (bicyclic) bond motifs is 1. The first-order chi connectivity index (χ1) is 12.8. The van der Waals surface area contributed by atoms with E-state index in [0.29, 0.717) is 13.3 Å². The highest BCUT2D eigenvalue weighted by molar-refractivity contribution is 5.60. The van der Waals surface area contributed by atoms with Crippen molar-refractivity contribution in [3.05, 3.63) is 59.8 Å². The van der Waals surface area contributed by atoms with E-state index in [9.17, 15) is 0 Å². The SMILES string of the molecule is CCCn1nc(CNCc2ccc3c(c2)OCO3)c(-c2ccccc2)n1. The van der Waals surface area contributed by atoms with Gasteiger partial charge in [0.05, 0.1) is 6.54 Å². The van der Waals surface area contributed by atoms with E-state index in [1.54, 1.807) is 4.80 Å². The molecule has 134 valence electrons. The fraction of sp³-hybridized carbons (Fsp3) is 0.300. The van der Waals surface area contributed by atoms with E-state index in [1.807, 2.05) is 36.4 Å². The van der Waals surface area contributed by atoms with Gasteiger partial charge < -0.3 is 14.8 Å². The topological polar surface area (TPSA) is 61.2 Å². The summed E-state index contributed by atoms with van der Waals surface area (Å²) >= 11 is 0. The molecule has 0 fully saturated rings. The van der Waals surface area contributed by atoms with Crippen molar-refractivity contribution in [1.82, 2.24) is 20.3 Å². The monoisotopic (exact) mass is 350 g/mol. The smallest absolute Gasteiger partial charge is 0.231 e. The number of nitrogens with zero attached hydrogens (tertiary/aromatic N) is 3. The molecule has 2 heterocycles. The summed E-state index contributed by atoms with van der Waals surface area (Å²) in [6.45, 7) is 4.63. The molecule has 3 aromatic rings. The lowest BCUT2D eigenvalue weighted by atomic mass is 10.1. The van der Waals surface area contributed by atoms with E-state index in [0.717, 1.165) is 53.5 Å². The number of hydrogen-bond donors (Lipinski definition) is 1. The van der Waals surface area contributed by atoms with Gasteiger partial charge in [0.15, 0.2) is 11.5 Å². The van der Waals surface area contributed by atoms with E-state index in [4.69, 9.17) is 9.47 Å². The highest BCUT2D eigenvalue weighted by Gasteiger charge is 2.14. The predicted octanol–water partition coefficient (Wildman–Crippen LogP) is 3.37. The van der Waals surface area contributed by atoms with Gasteiger partial charge in [-0.15, -0.1) is 0 Å². The van der Waals surface area contributed by atoms with Gasteiger partial charge >= 0.3 is 0 Å². The second-order valence-electron chi connectivity index (χ2n) is 6.25. The third-order valence-corrected chi connectivity index (χ3v) is 4.25. The van der Waals surface area contributed by atoms with Crippen LogP contribution >= 0.6 is 0 Å². The minimum atomic E-state index is 0.299. The fourth-order valence-corrected chi connectivity index (χ4v) is 3.00. The number of nitrogens with one attached hydrogen (secondary N) is 1. The van der Waals surface area contributed by atoms with Crippen LogP contribution in [0, 0.1) is 0 Å². The summed E-state index contributed by atoms with van der Waals surface area (Å²) in [4.78, 5) is 1.79. The highest BCUT2D eigenvalue weighted by atomic mass is 16.7. The minimum Gasteiger partial charge on any atom is -0.454 e. The molecule has 1 aromatic heterocycles. The quantitative estimate of drug-likeness (QED) is 0.708. The van der Waals surface area contributed by atoms with Crippen molar-refractivity contribution < 1.29 is 9.47 Å². The molecule has 6 nitrogen and oxygen atoms in total. The largest absolute Gasteiger partial charge is 0.454 e. The summed E-state index contributed by atoms with van der Waals surface area (Å²) in [5, 5.41) is 12.8. The van der Waals surface area contributed by atoms with Crippen LogP contribution in [0.25, 0.3) is 11.3 Å². The van der Waals surface area contributed by atoms with Crippen LogP contribution in [0.2, 0.25) is 0 Å². The molecular formula is C20H22N4O2. The maximum atomic E-state index is 5.44. The summed E-state index contributed by atoms with van der Waals surface area (Å²) < 4.78 is 10.8. The van der Waals surface area contributed by atoms with Crippen molar-refractivity contribution in [3.63, 3.8) is 0 Å². The normalized spacial score (nSPS) is 12.5. The molecule has 1 N–H and O–H groups in total. The van der Waals surface area contributed by atoms with Gasteiger partial charge in [-0.25, -0.2) is 0 Å². The molecule has 0 unspecified atom stereocenters. The lowest BCUT2D eigenvalue weighted by Gasteiger charge is -2.05. The molecule has 1 aliphatic heterocycles. The Morgan fingerprint density at radius 3 is 2.69 bits per heavy atom. The second kappa shape index (κ2) is 7.58. The van der Waals surface area contributed by atoms with Gasteiger partial charge in [0.2, 0.25) is 6.79 Å². The van der Waals surface area contributed by atoms with Gasteiger partial charge in [0, 0.05) is 18.7 Å². The van der Waals surface area contributed by atoms with Gasteiger partial charge in [-0.05, 0) is 24.1 Å². The van der Waals surface area contributed by atoms with Crippen LogP contribution in [-0.2, 0) is 19.6 Å². The summed E-state index contributed by atoms with van der Waals surface area (Å²) in [5.74, 6) is 1.62. The van der Waals surface area contributed by atoms with Crippen molar-refractivity contribution in [2.45, 2.75) is 33.0 Å². The van der Waals surface area contributed by atoms with Crippen molar-refractivity contribution in [1.29, 1.82) is 0 Å². The average molecular weight is 350 g/mol. The first-order valence-electron chi connectivity index (χ1n) is 8.92. The fourth-order valence-electron chi connectivity index (χ4n) is 3.00. The maximum Gasteiger partial charge on any atom is 0.231 e. The molecule has 6 heteroatoms. The summed E-state index contributed by atoms with van der Waals surface area (Å²) in [6.07, 6.45) is 1.01. The lowest BCUT2D eigenvalue weighted by Crippen LogP contribution is -2.14. The number of aryl methyl sites for hydroxylation is 1. The van der Waals surface area contributed by atoms with Crippen LogP contribution in [0.15, 0.2) is 48.5 Å². The van der Waals surface area contributed by atoms with E-state index in [2.05, 4.69) is 34.6 Å². The molecule has 0 spiro atoms. The second-order valence-corrected chi connectivity index (χ2v) is 6.25. The van der Waals surface area contributed by atoms with Gasteiger partial charge in [-0.1, -0.05) is 43.3 Å². The third-order valence-electron chi connectivity index (χ3n) is 4.25. The first-order valence-corrected chi connectivity index (χ1v) is 8.92. The molecular weight excluding hydrogens is 328 g/mol. The minimum absolute atomic E-state index is 0.299. The van der Waals surface area contributed by atoms with Crippen molar-refractivity contribution in [3.8, 4) is 22.8 Å². The zero-order chi connectivity index (χ0) is 17.8. The van der Waals surface area contributed by atoms with Crippen LogP contribution in [0.4, 0.5) is 0 Å². The Labute approximate surface area is 152 Å². The molecule has 0 saturated carbocycles. The molecule has 0 amide bonds. The molecule has 0 saturated heterocycles. The Hall–Kier alpha value is -2.86. The van der Waals surface area contributed by atoms with E-state index in [1.165, 1.54) is 0 Å². The Morgan fingerprint density at radius 2 is 1.85 bits per heavy atom. The summed E-state index contributed by atoms with van der Waals surface area (Å²) in [7, 11) is 0. The van der Waals surface area contributed by atoms with Crippen LogP contribution < -0.4 is 14.8 Å². The van der Waals surface area contributed by atoms with Crippen molar-refractivity contribution in [2.24, 2.45) is 0 Å². The Kier molecular flexibility index (Phi) is 4.84. The van der Waals surface area contributed by atoms with Crippen LogP contribution in [0.3, 0.4) is 0 Å². The Balaban J connectivity index is 1.47. The maximum absolute atomic E-state index is 5.44. The molecule has 2 aromatic carbocycles. The molecule has 4 rings (SSSR count). The van der Waals surface area contributed by atoms with Crippen LogP contribution in [-0.4, -0.2) is 21.8 Å².